The molecule has 1 aromatic heterocycles. The van der Waals surface area contributed by atoms with Gasteiger partial charge in [0.15, 0.2) is 5.84 Å². The minimum atomic E-state index is -0.367. The number of carbonyl (C=O) groups excluding carboxylic acids is 1. The van der Waals surface area contributed by atoms with Gasteiger partial charge in [-0.3, -0.25) is 10.2 Å². The zero-order chi connectivity index (χ0) is 26.3. The van der Waals surface area contributed by atoms with E-state index in [1.54, 1.807) is 18.2 Å². The molecule has 1 aromatic carbocycles. The first-order valence-electron chi connectivity index (χ1n) is 13.6. The summed E-state index contributed by atoms with van der Waals surface area (Å²) in [7, 11) is 1.68. The van der Waals surface area contributed by atoms with Gasteiger partial charge in [0.05, 0.1) is 18.4 Å². The maximum Gasteiger partial charge on any atom is 0.283 e. The summed E-state index contributed by atoms with van der Waals surface area (Å²) in [6.45, 7) is 6.13. The minimum Gasteiger partial charge on any atom is -0.495 e. The van der Waals surface area contributed by atoms with Crippen LogP contribution in [0.1, 0.15) is 61.0 Å². The van der Waals surface area contributed by atoms with Gasteiger partial charge in [0.2, 0.25) is 5.17 Å². The molecule has 7 nitrogen and oxygen atoms in total. The lowest BCUT2D eigenvalue weighted by Crippen LogP contribution is -2.49. The normalized spacial score (nSPS) is 30.7. The number of hydrogen-bond acceptors (Lipinski definition) is 5. The number of hydrazone groups is 1. The highest BCUT2D eigenvalue weighted by Crippen LogP contribution is 2.62. The van der Waals surface area contributed by atoms with E-state index in [0.29, 0.717) is 5.17 Å². The van der Waals surface area contributed by atoms with E-state index in [2.05, 4.69) is 22.5 Å². The third-order valence-corrected chi connectivity index (χ3v) is 10.4. The third-order valence-electron chi connectivity index (χ3n) is 9.29. The number of thioether (sulfide) groups is 1. The van der Waals surface area contributed by atoms with Crippen molar-refractivity contribution in [3.05, 3.63) is 52.4 Å². The minimum absolute atomic E-state index is 0.115. The molecule has 0 unspecified atom stereocenters. The predicted molar refractivity (Wildman–Crippen MR) is 152 cm³/mol. The number of carbonyl (C=O) groups is 1. The maximum atomic E-state index is 13.2. The summed E-state index contributed by atoms with van der Waals surface area (Å²) in [5.41, 5.74) is 5.37. The lowest BCUT2D eigenvalue weighted by molar-refractivity contribution is -0.114. The van der Waals surface area contributed by atoms with Crippen molar-refractivity contribution in [1.82, 2.24) is 9.58 Å². The first-order chi connectivity index (χ1) is 18.2. The van der Waals surface area contributed by atoms with Crippen molar-refractivity contribution < 1.29 is 9.53 Å². The number of amides is 1. The number of amidine groups is 2. The largest absolute Gasteiger partial charge is 0.495 e. The molecule has 196 valence electrons. The van der Waals surface area contributed by atoms with E-state index in [1.807, 2.05) is 32.0 Å². The molecule has 0 atom stereocenters. The van der Waals surface area contributed by atoms with Crippen LogP contribution in [0.25, 0.3) is 11.8 Å². The Morgan fingerprint density at radius 2 is 1.76 bits per heavy atom. The van der Waals surface area contributed by atoms with E-state index >= 15 is 0 Å². The second-order valence-electron chi connectivity index (χ2n) is 12.0. The first-order valence-corrected chi connectivity index (χ1v) is 14.4. The van der Waals surface area contributed by atoms with Crippen LogP contribution in [0.5, 0.6) is 5.75 Å². The van der Waals surface area contributed by atoms with E-state index in [0.717, 1.165) is 56.7 Å². The number of aromatic nitrogens is 1. The quantitative estimate of drug-likeness (QED) is 0.477. The van der Waals surface area contributed by atoms with Crippen LogP contribution in [0.15, 0.2) is 39.9 Å². The summed E-state index contributed by atoms with van der Waals surface area (Å²) in [6, 6.07) is 8.15. The van der Waals surface area contributed by atoms with Crippen LogP contribution in [0.3, 0.4) is 0 Å². The highest BCUT2D eigenvalue weighted by Gasteiger charge is 2.55. The Hall–Kier alpha value is -3.13. The SMILES string of the molecule is COc1ccc(C)cc1-n1c(C)cc(/C=C2/C(=N)N3N=C(C45CC6CC(CC(C6)C4)C5)SC3=NC2=O)c1C. The molecule has 3 heterocycles. The Bertz CT molecular complexity index is 1460. The van der Waals surface area contributed by atoms with Crippen LogP contribution in [0.4, 0.5) is 0 Å². The molecular formula is C30H33N5O2S. The van der Waals surface area contributed by atoms with Crippen molar-refractivity contribution in [2.24, 2.45) is 33.3 Å². The Morgan fingerprint density at radius 1 is 1.08 bits per heavy atom. The van der Waals surface area contributed by atoms with Crippen molar-refractivity contribution in [2.45, 2.75) is 59.3 Å². The topological polar surface area (TPSA) is 83.0 Å². The van der Waals surface area contributed by atoms with Crippen molar-refractivity contribution in [3.8, 4) is 11.4 Å². The number of aryl methyl sites for hydroxylation is 2. The summed E-state index contributed by atoms with van der Waals surface area (Å²) in [5.74, 6) is 2.96. The molecular weight excluding hydrogens is 494 g/mol. The second kappa shape index (κ2) is 8.43. The number of fused-ring (bicyclic) bond motifs is 1. The zero-order valence-corrected chi connectivity index (χ0v) is 23.2. The number of benzene rings is 1. The monoisotopic (exact) mass is 527 g/mol. The van der Waals surface area contributed by atoms with Gasteiger partial charge < -0.3 is 9.30 Å². The molecule has 1 N–H and O–H groups in total. The van der Waals surface area contributed by atoms with E-state index in [1.165, 1.54) is 50.3 Å². The van der Waals surface area contributed by atoms with Crippen molar-refractivity contribution in [2.75, 3.05) is 7.11 Å². The fraction of sp³-hybridized carbons (Fsp3) is 0.467. The van der Waals surface area contributed by atoms with E-state index in [-0.39, 0.29) is 22.7 Å². The summed E-state index contributed by atoms with van der Waals surface area (Å²) in [6.07, 6.45) is 9.51. The fourth-order valence-electron chi connectivity index (χ4n) is 8.01. The summed E-state index contributed by atoms with van der Waals surface area (Å²) in [4.78, 5) is 17.6. The number of aliphatic imine (C=N–C) groups is 1. The zero-order valence-electron chi connectivity index (χ0n) is 22.4. The van der Waals surface area contributed by atoms with Crippen LogP contribution >= 0.6 is 11.8 Å². The van der Waals surface area contributed by atoms with Gasteiger partial charge in [-0.25, -0.2) is 0 Å². The van der Waals surface area contributed by atoms with Crippen LogP contribution in [-0.2, 0) is 4.79 Å². The number of rotatable bonds is 4. The summed E-state index contributed by atoms with van der Waals surface area (Å²) in [5, 5.41) is 17.2. The van der Waals surface area contributed by atoms with Gasteiger partial charge in [-0.1, -0.05) is 6.07 Å². The van der Waals surface area contributed by atoms with Crippen LogP contribution in [-0.4, -0.2) is 38.6 Å². The molecule has 6 aliphatic rings. The van der Waals surface area contributed by atoms with Gasteiger partial charge >= 0.3 is 0 Å². The number of hydrogen-bond donors (Lipinski definition) is 1. The molecule has 38 heavy (non-hydrogen) atoms. The second-order valence-corrected chi connectivity index (χ2v) is 12.9. The number of nitrogens with one attached hydrogen (secondary N) is 1. The molecule has 0 spiro atoms. The van der Waals surface area contributed by atoms with Gasteiger partial charge in [0.25, 0.3) is 5.91 Å². The molecule has 0 radical (unpaired) electrons. The number of ether oxygens (including phenoxy) is 1. The van der Waals surface area contributed by atoms with Crippen molar-refractivity contribution in [1.29, 1.82) is 5.41 Å². The molecule has 4 saturated carbocycles. The first kappa shape index (κ1) is 23.9. The molecule has 8 heteroatoms. The summed E-state index contributed by atoms with van der Waals surface area (Å²) < 4.78 is 7.77. The highest BCUT2D eigenvalue weighted by molar-refractivity contribution is 8.27. The van der Waals surface area contributed by atoms with E-state index in [4.69, 9.17) is 15.2 Å². The molecule has 4 aliphatic carbocycles. The molecule has 8 rings (SSSR count). The molecule has 4 fully saturated rings. The average Bonchev–Trinajstić information content (AvgIpc) is 3.42. The van der Waals surface area contributed by atoms with E-state index in [9.17, 15) is 4.79 Å². The number of nitrogens with zero attached hydrogens (tertiary/aromatic N) is 4. The molecule has 1 amide bonds. The Balaban J connectivity index is 1.23. The molecule has 4 bridgehead atoms. The van der Waals surface area contributed by atoms with Crippen molar-refractivity contribution in [3.63, 3.8) is 0 Å². The maximum absolute atomic E-state index is 13.2. The fourth-order valence-corrected chi connectivity index (χ4v) is 9.12. The van der Waals surface area contributed by atoms with Crippen LogP contribution in [0.2, 0.25) is 0 Å². The Labute approximate surface area is 227 Å². The molecule has 2 aliphatic heterocycles. The highest BCUT2D eigenvalue weighted by atomic mass is 32.2. The Kier molecular flexibility index (Phi) is 5.32. The standard InChI is InChI=1S/C30H33N5O2S/c1-16-5-6-25(37-4)24(7-16)34-17(2)8-22(18(34)3)12-23-26(31)35-29(32-27(23)36)38-28(33-35)30-13-19-9-20(14-30)11-21(10-19)15-30/h5-8,12,19-21,31H,9-11,13-15H2,1-4H3/b23-12-,31-26?. The van der Waals surface area contributed by atoms with Gasteiger partial charge in [-0.2, -0.15) is 15.1 Å². The van der Waals surface area contributed by atoms with Crippen LogP contribution in [0, 0.1) is 49.3 Å². The third kappa shape index (κ3) is 3.56. The van der Waals surface area contributed by atoms with E-state index < -0.39 is 0 Å². The van der Waals surface area contributed by atoms with Gasteiger partial charge in [-0.05, 0) is 124 Å². The lowest BCUT2D eigenvalue weighted by Gasteiger charge is -2.56. The number of methoxy groups -OCH3 is 1. The van der Waals surface area contributed by atoms with Gasteiger partial charge in [-0.15, -0.1) is 0 Å². The average molecular weight is 528 g/mol. The molecule has 2 aromatic rings. The molecule has 0 saturated heterocycles. The lowest BCUT2D eigenvalue weighted by atomic mass is 9.50. The summed E-state index contributed by atoms with van der Waals surface area (Å²) >= 11 is 1.53. The van der Waals surface area contributed by atoms with Gasteiger partial charge in [0, 0.05) is 16.8 Å². The van der Waals surface area contributed by atoms with Crippen molar-refractivity contribution >= 4 is 39.8 Å². The smallest absolute Gasteiger partial charge is 0.283 e. The Morgan fingerprint density at radius 3 is 2.42 bits per heavy atom. The van der Waals surface area contributed by atoms with Crippen LogP contribution < -0.4 is 4.74 Å². The predicted octanol–water partition coefficient (Wildman–Crippen LogP) is 6.25. The van der Waals surface area contributed by atoms with Gasteiger partial charge in [0.1, 0.15) is 10.8 Å².